The minimum absolute atomic E-state index is 0.346. The molecule has 0 unspecified atom stereocenters. The fraction of sp³-hybridized carbons (Fsp3) is 0.0556. The van der Waals surface area contributed by atoms with Crippen molar-refractivity contribution in [3.8, 4) is 23.4 Å². The van der Waals surface area contributed by atoms with Gasteiger partial charge in [0.15, 0.2) is 0 Å². The van der Waals surface area contributed by atoms with E-state index in [2.05, 4.69) is 21.4 Å². The largest absolute Gasteiger partial charge is 0.481 e. The Hall–Kier alpha value is -3.01. The zero-order valence-corrected chi connectivity index (χ0v) is 15.0. The van der Waals surface area contributed by atoms with Gasteiger partial charge in [0.25, 0.3) is 0 Å². The molecule has 0 fully saturated rings. The lowest BCUT2D eigenvalue weighted by molar-refractivity contribution is 0.397. The van der Waals surface area contributed by atoms with Crippen LogP contribution in [0, 0.1) is 11.3 Å². The second-order valence-electron chi connectivity index (χ2n) is 5.08. The van der Waals surface area contributed by atoms with E-state index in [0.717, 1.165) is 0 Å². The van der Waals surface area contributed by atoms with Crippen LogP contribution in [0.1, 0.15) is 5.56 Å². The number of nitriles is 1. The van der Waals surface area contributed by atoms with Crippen LogP contribution < -0.4 is 14.8 Å². The normalized spacial score (nSPS) is 10.1. The highest BCUT2D eigenvalue weighted by Crippen LogP contribution is 2.32. The number of nitrogens with zero attached hydrogens (tertiary/aromatic N) is 3. The summed E-state index contributed by atoms with van der Waals surface area (Å²) < 4.78 is 10.9. The first-order valence-corrected chi connectivity index (χ1v) is 8.15. The summed E-state index contributed by atoms with van der Waals surface area (Å²) in [5.74, 6) is 1.56. The van der Waals surface area contributed by atoms with Gasteiger partial charge >= 0.3 is 0 Å². The van der Waals surface area contributed by atoms with Gasteiger partial charge in [0, 0.05) is 34.1 Å². The van der Waals surface area contributed by atoms with E-state index in [9.17, 15) is 5.26 Å². The molecule has 6 nitrogen and oxygen atoms in total. The van der Waals surface area contributed by atoms with Gasteiger partial charge in [-0.3, -0.25) is 0 Å². The summed E-state index contributed by atoms with van der Waals surface area (Å²) >= 11 is 12.0. The van der Waals surface area contributed by atoms with Crippen molar-refractivity contribution in [1.82, 2.24) is 9.97 Å². The average molecular weight is 387 g/mol. The number of nitrogens with one attached hydrogen (secondary N) is 1. The van der Waals surface area contributed by atoms with Crippen molar-refractivity contribution in [2.75, 3.05) is 12.4 Å². The van der Waals surface area contributed by atoms with Crippen molar-refractivity contribution >= 4 is 34.8 Å². The Morgan fingerprint density at radius 2 is 1.85 bits per heavy atom. The number of anilines is 2. The van der Waals surface area contributed by atoms with Crippen molar-refractivity contribution in [2.45, 2.75) is 0 Å². The Morgan fingerprint density at radius 1 is 1.08 bits per heavy atom. The summed E-state index contributed by atoms with van der Waals surface area (Å²) in [6.07, 6.45) is 1.57. The first kappa shape index (κ1) is 17.8. The Labute approximate surface area is 159 Å². The van der Waals surface area contributed by atoms with E-state index in [1.54, 1.807) is 48.7 Å². The van der Waals surface area contributed by atoms with Crippen LogP contribution in [0.25, 0.3) is 0 Å². The molecule has 0 radical (unpaired) electrons. The van der Waals surface area contributed by atoms with Gasteiger partial charge in [-0.05, 0) is 30.3 Å². The van der Waals surface area contributed by atoms with E-state index < -0.39 is 0 Å². The van der Waals surface area contributed by atoms with Crippen molar-refractivity contribution in [1.29, 1.82) is 5.26 Å². The van der Waals surface area contributed by atoms with Gasteiger partial charge in [0.2, 0.25) is 11.8 Å². The van der Waals surface area contributed by atoms with Crippen molar-refractivity contribution in [3.63, 3.8) is 0 Å². The van der Waals surface area contributed by atoms with E-state index in [-0.39, 0.29) is 0 Å². The van der Waals surface area contributed by atoms with Gasteiger partial charge in [-0.1, -0.05) is 23.2 Å². The highest BCUT2D eigenvalue weighted by molar-refractivity contribution is 6.34. The van der Waals surface area contributed by atoms with Gasteiger partial charge in [-0.15, -0.1) is 0 Å². The molecular formula is C18H12Cl2N4O2. The maximum absolute atomic E-state index is 9.31. The number of hydrogen-bond acceptors (Lipinski definition) is 6. The smallest absolute Gasteiger partial charge is 0.230 e. The van der Waals surface area contributed by atoms with E-state index >= 15 is 0 Å². The third kappa shape index (κ3) is 4.33. The molecule has 0 saturated heterocycles. The molecule has 0 aliphatic heterocycles. The fourth-order valence-electron chi connectivity index (χ4n) is 2.14. The Morgan fingerprint density at radius 3 is 2.54 bits per heavy atom. The predicted octanol–water partition coefficient (Wildman–Crippen LogP) is 5.20. The van der Waals surface area contributed by atoms with Crippen molar-refractivity contribution in [2.24, 2.45) is 0 Å². The van der Waals surface area contributed by atoms with E-state index in [1.165, 1.54) is 7.11 Å². The summed E-state index contributed by atoms with van der Waals surface area (Å²) in [6, 6.07) is 13.6. The molecule has 0 saturated carbocycles. The van der Waals surface area contributed by atoms with Gasteiger partial charge in [-0.25, -0.2) is 4.98 Å². The molecule has 2 aromatic carbocycles. The topological polar surface area (TPSA) is 80.1 Å². The number of aromatic nitrogens is 2. The number of rotatable bonds is 5. The second-order valence-corrected chi connectivity index (χ2v) is 5.95. The fourth-order valence-corrected chi connectivity index (χ4v) is 2.64. The number of hydrogen-bond donors (Lipinski definition) is 1. The zero-order valence-electron chi connectivity index (χ0n) is 13.5. The lowest BCUT2D eigenvalue weighted by Gasteiger charge is -2.11. The monoisotopic (exact) mass is 386 g/mol. The van der Waals surface area contributed by atoms with Crippen LogP contribution in [-0.2, 0) is 0 Å². The first-order valence-electron chi connectivity index (χ1n) is 7.39. The Balaban J connectivity index is 1.89. The Bertz CT molecular complexity index is 969. The first-order chi connectivity index (χ1) is 12.6. The van der Waals surface area contributed by atoms with Crippen molar-refractivity contribution < 1.29 is 9.47 Å². The SMILES string of the molecule is COc1ccnc(Nc2ccc(C#N)c(Oc3cc(Cl)cc(Cl)c3)c2)n1. The minimum Gasteiger partial charge on any atom is -0.481 e. The zero-order chi connectivity index (χ0) is 18.5. The van der Waals surface area contributed by atoms with Crippen LogP contribution in [0.4, 0.5) is 11.6 Å². The molecule has 0 aliphatic rings. The van der Waals surface area contributed by atoms with Gasteiger partial charge in [0.1, 0.15) is 17.6 Å². The molecule has 3 aromatic rings. The van der Waals surface area contributed by atoms with Crippen LogP contribution in [0.2, 0.25) is 10.0 Å². The summed E-state index contributed by atoms with van der Waals surface area (Å²) in [4.78, 5) is 8.30. The summed E-state index contributed by atoms with van der Waals surface area (Å²) in [5, 5.41) is 13.2. The molecule has 0 amide bonds. The summed E-state index contributed by atoms with van der Waals surface area (Å²) in [5.41, 5.74) is 0.999. The van der Waals surface area contributed by atoms with Gasteiger partial charge in [0.05, 0.1) is 12.7 Å². The van der Waals surface area contributed by atoms with Crippen LogP contribution >= 0.6 is 23.2 Å². The third-order valence-corrected chi connectivity index (χ3v) is 3.70. The standard InChI is InChI=1S/C18H12Cl2N4O2/c1-25-17-4-5-22-18(24-17)23-14-3-2-11(10-21)16(9-14)26-15-7-12(19)6-13(20)8-15/h2-9H,1H3,(H,22,23,24). The molecule has 0 bridgehead atoms. The maximum atomic E-state index is 9.31. The Kier molecular flexibility index (Phi) is 5.42. The maximum Gasteiger partial charge on any atom is 0.230 e. The number of ether oxygens (including phenoxy) is 2. The molecule has 0 atom stereocenters. The lowest BCUT2D eigenvalue weighted by Crippen LogP contribution is -1.99. The molecule has 1 aromatic heterocycles. The highest BCUT2D eigenvalue weighted by Gasteiger charge is 2.09. The quantitative estimate of drug-likeness (QED) is 0.648. The van der Waals surface area contributed by atoms with Crippen molar-refractivity contribution in [3.05, 3.63) is 64.3 Å². The molecule has 1 heterocycles. The molecule has 8 heteroatoms. The van der Waals surface area contributed by atoms with E-state index in [1.807, 2.05) is 0 Å². The highest BCUT2D eigenvalue weighted by atomic mass is 35.5. The molecule has 3 rings (SSSR count). The molecule has 26 heavy (non-hydrogen) atoms. The molecule has 0 spiro atoms. The molecule has 130 valence electrons. The number of methoxy groups -OCH3 is 1. The van der Waals surface area contributed by atoms with Crippen LogP contribution in [-0.4, -0.2) is 17.1 Å². The summed E-state index contributed by atoms with van der Waals surface area (Å²) in [7, 11) is 1.52. The van der Waals surface area contributed by atoms with Crippen LogP contribution in [0.5, 0.6) is 17.4 Å². The number of halogens is 2. The summed E-state index contributed by atoms with van der Waals surface area (Å²) in [6.45, 7) is 0. The third-order valence-electron chi connectivity index (χ3n) is 3.26. The van der Waals surface area contributed by atoms with Gasteiger partial charge < -0.3 is 14.8 Å². The van der Waals surface area contributed by atoms with Crippen LogP contribution in [0.15, 0.2) is 48.7 Å². The average Bonchev–Trinajstić information content (AvgIpc) is 2.61. The molecule has 1 N–H and O–H groups in total. The minimum atomic E-state index is 0.346. The van der Waals surface area contributed by atoms with E-state index in [4.69, 9.17) is 32.7 Å². The van der Waals surface area contributed by atoms with Crippen LogP contribution in [0.3, 0.4) is 0 Å². The predicted molar refractivity (Wildman–Crippen MR) is 99.6 cm³/mol. The lowest BCUT2D eigenvalue weighted by atomic mass is 10.2. The second kappa shape index (κ2) is 7.91. The number of benzene rings is 2. The van der Waals surface area contributed by atoms with E-state index in [0.29, 0.717) is 44.6 Å². The molecular weight excluding hydrogens is 375 g/mol. The van der Waals surface area contributed by atoms with Gasteiger partial charge in [-0.2, -0.15) is 10.2 Å². The molecule has 0 aliphatic carbocycles.